The molecule has 0 atom stereocenters. The van der Waals surface area contributed by atoms with Gasteiger partial charge in [0.25, 0.3) is 0 Å². The second-order valence-corrected chi connectivity index (χ2v) is 6.51. The maximum Gasteiger partial charge on any atom is 0.328 e. The molecular formula is C18H22O2S. The van der Waals surface area contributed by atoms with Crippen LogP contribution in [-0.2, 0) is 4.79 Å². The number of aliphatic carboxylic acids is 1. The molecule has 0 bridgehead atoms. The van der Waals surface area contributed by atoms with Crippen molar-refractivity contribution in [3.63, 3.8) is 0 Å². The fraction of sp³-hybridized carbons (Fsp3) is 0.278. The van der Waals surface area contributed by atoms with Gasteiger partial charge in [0.1, 0.15) is 0 Å². The summed E-state index contributed by atoms with van der Waals surface area (Å²) in [5.41, 5.74) is 4.49. The van der Waals surface area contributed by atoms with Crippen LogP contribution < -0.4 is 0 Å². The molecule has 0 fully saturated rings. The Balaban J connectivity index is 2.79. The summed E-state index contributed by atoms with van der Waals surface area (Å²) in [7, 11) is 0. The van der Waals surface area contributed by atoms with Crippen LogP contribution in [0.3, 0.4) is 0 Å². The van der Waals surface area contributed by atoms with Crippen molar-refractivity contribution in [3.8, 4) is 0 Å². The molecule has 1 rings (SSSR count). The van der Waals surface area contributed by atoms with Gasteiger partial charge in [-0.1, -0.05) is 36.0 Å². The minimum absolute atomic E-state index is 0.718. The van der Waals surface area contributed by atoms with E-state index in [-0.39, 0.29) is 0 Å². The van der Waals surface area contributed by atoms with Crippen LogP contribution in [0.2, 0.25) is 0 Å². The highest BCUT2D eigenvalue weighted by atomic mass is 32.1. The summed E-state index contributed by atoms with van der Waals surface area (Å²) in [5, 5.41) is 8.62. The first-order chi connectivity index (χ1) is 9.81. The molecule has 0 unspecified atom stereocenters. The predicted octanol–water partition coefficient (Wildman–Crippen LogP) is 5.22. The Morgan fingerprint density at radius 1 is 1.05 bits per heavy atom. The number of carboxylic acids is 1. The minimum Gasteiger partial charge on any atom is -0.478 e. The topological polar surface area (TPSA) is 37.3 Å². The van der Waals surface area contributed by atoms with Gasteiger partial charge in [0.05, 0.1) is 0 Å². The number of rotatable bonds is 5. The number of allylic oxidation sites excluding steroid dienone is 6. The van der Waals surface area contributed by atoms with Gasteiger partial charge in [0.15, 0.2) is 0 Å². The summed E-state index contributed by atoms with van der Waals surface area (Å²) in [6, 6.07) is 0. The van der Waals surface area contributed by atoms with E-state index in [1.165, 1.54) is 27.0 Å². The predicted molar refractivity (Wildman–Crippen MR) is 91.9 cm³/mol. The Bertz CT molecular complexity index is 640. The van der Waals surface area contributed by atoms with E-state index in [9.17, 15) is 4.79 Å². The lowest BCUT2D eigenvalue weighted by atomic mass is 10.1. The lowest BCUT2D eigenvalue weighted by molar-refractivity contribution is -0.131. The highest BCUT2D eigenvalue weighted by molar-refractivity contribution is 7.12. The van der Waals surface area contributed by atoms with Crippen LogP contribution in [0.25, 0.3) is 6.08 Å². The maximum atomic E-state index is 10.5. The van der Waals surface area contributed by atoms with Gasteiger partial charge in [-0.2, -0.15) is 0 Å². The molecule has 0 aromatic carbocycles. The van der Waals surface area contributed by atoms with Crippen molar-refractivity contribution in [1.82, 2.24) is 0 Å². The Hall–Kier alpha value is -1.87. The van der Waals surface area contributed by atoms with Gasteiger partial charge >= 0.3 is 5.97 Å². The maximum absolute atomic E-state index is 10.5. The monoisotopic (exact) mass is 302 g/mol. The van der Waals surface area contributed by atoms with E-state index in [1.807, 2.05) is 30.4 Å². The first-order valence-corrected chi connectivity index (χ1v) is 7.63. The van der Waals surface area contributed by atoms with Crippen molar-refractivity contribution < 1.29 is 9.90 Å². The van der Waals surface area contributed by atoms with Crippen molar-refractivity contribution in [2.45, 2.75) is 34.6 Å². The molecule has 0 amide bonds. The molecule has 1 N–H and O–H groups in total. The van der Waals surface area contributed by atoms with Crippen molar-refractivity contribution in [3.05, 3.63) is 62.4 Å². The average Bonchev–Trinajstić information content (AvgIpc) is 2.60. The van der Waals surface area contributed by atoms with Crippen LogP contribution in [0.15, 0.2) is 41.5 Å². The van der Waals surface area contributed by atoms with Crippen LogP contribution in [-0.4, -0.2) is 11.1 Å². The molecule has 112 valence electrons. The van der Waals surface area contributed by atoms with Gasteiger partial charge in [0.2, 0.25) is 0 Å². The van der Waals surface area contributed by atoms with Gasteiger partial charge in [0, 0.05) is 15.8 Å². The first kappa shape index (κ1) is 17.2. The molecule has 2 nitrogen and oxygen atoms in total. The van der Waals surface area contributed by atoms with Crippen molar-refractivity contribution in [1.29, 1.82) is 0 Å². The Morgan fingerprint density at radius 3 is 2.24 bits per heavy atom. The van der Waals surface area contributed by atoms with E-state index in [1.54, 1.807) is 13.0 Å². The van der Waals surface area contributed by atoms with E-state index in [0.29, 0.717) is 0 Å². The lowest BCUT2D eigenvalue weighted by Gasteiger charge is -1.95. The summed E-state index contributed by atoms with van der Waals surface area (Å²) in [5.74, 6) is -0.920. The molecule has 21 heavy (non-hydrogen) atoms. The van der Waals surface area contributed by atoms with Crippen molar-refractivity contribution in [2.24, 2.45) is 0 Å². The van der Waals surface area contributed by atoms with Crippen LogP contribution in [0.5, 0.6) is 0 Å². The molecule has 0 aliphatic rings. The van der Waals surface area contributed by atoms with Crippen LogP contribution in [0.4, 0.5) is 0 Å². The zero-order chi connectivity index (χ0) is 16.0. The number of thiophene rings is 1. The molecule has 0 saturated heterocycles. The molecule has 0 aliphatic carbocycles. The van der Waals surface area contributed by atoms with Gasteiger partial charge in [-0.3, -0.25) is 0 Å². The molecule has 0 aliphatic heterocycles. The standard InChI is InChI=1S/C18H22O2S/c1-12(7-6-8-13(2)11-18(19)20)9-10-17-14(3)15(4)21-16(17)5/h6-11H,1-5H3,(H,19,20). The number of carbonyl (C=O) groups is 1. The SMILES string of the molecule is CC(C=Cc1c(C)sc(C)c1C)=CC=CC(C)=CC(=O)O. The Labute approximate surface area is 130 Å². The Kier molecular flexibility index (Phi) is 6.38. The van der Waals surface area contributed by atoms with E-state index >= 15 is 0 Å². The summed E-state index contributed by atoms with van der Waals surface area (Å²) in [4.78, 5) is 13.2. The zero-order valence-corrected chi connectivity index (χ0v) is 14.0. The third-order valence-electron chi connectivity index (χ3n) is 3.20. The van der Waals surface area contributed by atoms with E-state index in [4.69, 9.17) is 5.11 Å². The average molecular weight is 302 g/mol. The lowest BCUT2D eigenvalue weighted by Crippen LogP contribution is -1.87. The van der Waals surface area contributed by atoms with Crippen molar-refractivity contribution >= 4 is 23.4 Å². The zero-order valence-electron chi connectivity index (χ0n) is 13.2. The summed E-state index contributed by atoms with van der Waals surface area (Å²) in [6.07, 6.45) is 11.1. The largest absolute Gasteiger partial charge is 0.478 e. The summed E-state index contributed by atoms with van der Waals surface area (Å²) in [6.45, 7) is 10.2. The van der Waals surface area contributed by atoms with E-state index in [2.05, 4.69) is 32.9 Å². The normalized spacial score (nSPS) is 13.6. The van der Waals surface area contributed by atoms with Gasteiger partial charge in [-0.25, -0.2) is 4.79 Å². The second kappa shape index (κ2) is 7.79. The minimum atomic E-state index is -0.920. The fourth-order valence-electron chi connectivity index (χ4n) is 1.92. The highest BCUT2D eigenvalue weighted by Crippen LogP contribution is 2.27. The number of hydrogen-bond donors (Lipinski definition) is 1. The molecule has 0 radical (unpaired) electrons. The van der Waals surface area contributed by atoms with Crippen molar-refractivity contribution in [2.75, 3.05) is 0 Å². The summed E-state index contributed by atoms with van der Waals surface area (Å²) < 4.78 is 0. The number of hydrogen-bond acceptors (Lipinski definition) is 2. The van der Waals surface area contributed by atoms with Gasteiger partial charge in [-0.15, -0.1) is 11.3 Å². The molecule has 1 aromatic rings. The molecule has 0 saturated carbocycles. The van der Waals surface area contributed by atoms with E-state index < -0.39 is 5.97 Å². The third kappa shape index (κ3) is 5.56. The first-order valence-electron chi connectivity index (χ1n) is 6.82. The van der Waals surface area contributed by atoms with Crippen LogP contribution >= 0.6 is 11.3 Å². The van der Waals surface area contributed by atoms with Gasteiger partial charge in [-0.05, 0) is 51.3 Å². The molecule has 1 heterocycles. The van der Waals surface area contributed by atoms with Crippen LogP contribution in [0, 0.1) is 20.8 Å². The molecule has 0 spiro atoms. The van der Waals surface area contributed by atoms with Crippen LogP contribution in [0.1, 0.15) is 34.7 Å². The summed E-state index contributed by atoms with van der Waals surface area (Å²) >= 11 is 1.83. The third-order valence-corrected chi connectivity index (χ3v) is 4.34. The molecule has 1 aromatic heterocycles. The molecular weight excluding hydrogens is 280 g/mol. The quantitative estimate of drug-likeness (QED) is 0.598. The fourth-order valence-corrected chi connectivity index (χ4v) is 2.98. The number of aryl methyl sites for hydroxylation is 2. The second-order valence-electron chi connectivity index (χ2n) is 5.08. The molecule has 3 heteroatoms. The van der Waals surface area contributed by atoms with E-state index in [0.717, 1.165) is 11.1 Å². The van der Waals surface area contributed by atoms with Gasteiger partial charge < -0.3 is 5.11 Å². The highest BCUT2D eigenvalue weighted by Gasteiger charge is 2.05. The number of carboxylic acid groups (broad SMARTS) is 1. The Morgan fingerprint density at radius 2 is 1.71 bits per heavy atom. The smallest absolute Gasteiger partial charge is 0.328 e.